The lowest BCUT2D eigenvalue weighted by Gasteiger charge is -2.22. The van der Waals surface area contributed by atoms with E-state index in [0.29, 0.717) is 0 Å². The number of hydrogen-bond donors (Lipinski definition) is 1. The van der Waals surface area contributed by atoms with E-state index in [-0.39, 0.29) is 6.54 Å². The van der Waals surface area contributed by atoms with Crippen LogP contribution >= 0.6 is 0 Å². The molecule has 0 aromatic heterocycles. The summed E-state index contributed by atoms with van der Waals surface area (Å²) >= 11 is 0. The molecule has 0 aliphatic carbocycles. The third-order valence-electron chi connectivity index (χ3n) is 1.45. The summed E-state index contributed by atoms with van der Waals surface area (Å²) in [6.07, 6.45) is 0. The van der Waals surface area contributed by atoms with E-state index >= 15 is 0 Å². The molecule has 0 rings (SSSR count). The summed E-state index contributed by atoms with van der Waals surface area (Å²) in [4.78, 5) is 10.3. The smallest absolute Gasteiger partial charge is 0.318 e. The van der Waals surface area contributed by atoms with Gasteiger partial charge in [0.15, 0.2) is 0 Å². The van der Waals surface area contributed by atoms with Gasteiger partial charge in [0, 0.05) is 20.6 Å². The zero-order valence-corrected chi connectivity index (χ0v) is 8.71. The van der Waals surface area contributed by atoms with Crippen molar-refractivity contribution in [1.29, 1.82) is 0 Å². The minimum Gasteiger partial charge on any atom is -0.480 e. The van der Waals surface area contributed by atoms with Crippen LogP contribution in [-0.4, -0.2) is 55.3 Å². The van der Waals surface area contributed by atoms with Crippen LogP contribution in [0.2, 0.25) is 0 Å². The fourth-order valence-electron chi connectivity index (χ4n) is 0.738. The zero-order valence-electron chi connectivity index (χ0n) is 7.89. The van der Waals surface area contributed by atoms with Crippen LogP contribution in [0.15, 0.2) is 0 Å². The maximum absolute atomic E-state index is 11.4. The van der Waals surface area contributed by atoms with Crippen molar-refractivity contribution < 1.29 is 18.3 Å². The number of nitrogens with zero attached hydrogens (tertiary/aromatic N) is 2. The largest absolute Gasteiger partial charge is 0.480 e. The molecule has 78 valence electrons. The van der Waals surface area contributed by atoms with Gasteiger partial charge in [-0.3, -0.25) is 4.79 Å². The van der Waals surface area contributed by atoms with Crippen molar-refractivity contribution in [3.63, 3.8) is 0 Å². The van der Waals surface area contributed by atoms with E-state index in [1.165, 1.54) is 14.1 Å². The van der Waals surface area contributed by atoms with Crippen LogP contribution in [0.3, 0.4) is 0 Å². The summed E-state index contributed by atoms with van der Waals surface area (Å²) < 4.78 is 24.6. The van der Waals surface area contributed by atoms with Crippen molar-refractivity contribution in [3.05, 3.63) is 0 Å². The molecule has 0 radical (unpaired) electrons. The second kappa shape index (κ2) is 4.54. The monoisotopic (exact) mass is 210 g/mol. The summed E-state index contributed by atoms with van der Waals surface area (Å²) in [7, 11) is -0.876. The number of carboxylic acid groups (broad SMARTS) is 1. The Labute approximate surface area is 77.9 Å². The molecular formula is C6H14N2O4S. The van der Waals surface area contributed by atoms with E-state index in [1.807, 2.05) is 0 Å². The second-order valence-electron chi connectivity index (χ2n) is 2.61. The number of carboxylic acids is 1. The molecule has 0 fully saturated rings. The minimum atomic E-state index is -3.60. The van der Waals surface area contributed by atoms with Gasteiger partial charge < -0.3 is 5.11 Å². The van der Waals surface area contributed by atoms with Crippen molar-refractivity contribution in [2.24, 2.45) is 0 Å². The number of hydrogen-bond acceptors (Lipinski definition) is 3. The lowest BCUT2D eigenvalue weighted by atomic mass is 10.6. The van der Waals surface area contributed by atoms with E-state index in [9.17, 15) is 13.2 Å². The Morgan fingerprint density at radius 2 is 1.85 bits per heavy atom. The van der Waals surface area contributed by atoms with Gasteiger partial charge in [-0.25, -0.2) is 0 Å². The molecule has 0 bridgehead atoms. The fourth-order valence-corrected chi connectivity index (χ4v) is 1.80. The first-order chi connectivity index (χ1) is 5.82. The number of likely N-dealkylation sites (N-methyl/N-ethyl adjacent to an activating group) is 1. The van der Waals surface area contributed by atoms with Gasteiger partial charge in [-0.2, -0.15) is 17.0 Å². The summed E-state index contributed by atoms with van der Waals surface area (Å²) in [6, 6.07) is 0. The Hall–Kier alpha value is -0.660. The average Bonchev–Trinajstić information content (AvgIpc) is 1.99. The van der Waals surface area contributed by atoms with E-state index in [0.717, 1.165) is 8.61 Å². The maximum Gasteiger partial charge on any atom is 0.318 e. The summed E-state index contributed by atoms with van der Waals surface area (Å²) in [6.45, 7) is 1.23. The van der Waals surface area contributed by atoms with Gasteiger partial charge in [0.2, 0.25) is 0 Å². The topological polar surface area (TPSA) is 77.9 Å². The molecule has 0 amide bonds. The fraction of sp³-hybridized carbons (Fsp3) is 0.833. The van der Waals surface area contributed by atoms with E-state index < -0.39 is 22.7 Å². The Balaban J connectivity index is 4.68. The Morgan fingerprint density at radius 3 is 2.08 bits per heavy atom. The number of rotatable bonds is 5. The highest BCUT2D eigenvalue weighted by Gasteiger charge is 2.24. The summed E-state index contributed by atoms with van der Waals surface area (Å²) in [5.74, 6) is -1.16. The van der Waals surface area contributed by atoms with E-state index in [1.54, 1.807) is 6.92 Å². The highest BCUT2D eigenvalue weighted by atomic mass is 32.2. The minimum absolute atomic E-state index is 0.146. The molecule has 0 unspecified atom stereocenters. The molecule has 13 heavy (non-hydrogen) atoms. The van der Waals surface area contributed by atoms with Crippen LogP contribution in [0.5, 0.6) is 0 Å². The van der Waals surface area contributed by atoms with Gasteiger partial charge in [-0.05, 0) is 0 Å². The Kier molecular flexibility index (Phi) is 4.31. The Morgan fingerprint density at radius 1 is 1.38 bits per heavy atom. The molecule has 0 saturated heterocycles. The van der Waals surface area contributed by atoms with Crippen molar-refractivity contribution in [1.82, 2.24) is 8.61 Å². The van der Waals surface area contributed by atoms with Crippen molar-refractivity contribution in [2.75, 3.05) is 27.2 Å². The van der Waals surface area contributed by atoms with Gasteiger partial charge in [0.1, 0.15) is 6.54 Å². The molecule has 1 N–H and O–H groups in total. The first kappa shape index (κ1) is 12.3. The van der Waals surface area contributed by atoms with Crippen molar-refractivity contribution in [3.8, 4) is 0 Å². The molecular weight excluding hydrogens is 196 g/mol. The molecule has 7 heteroatoms. The van der Waals surface area contributed by atoms with Gasteiger partial charge in [-0.15, -0.1) is 0 Å². The summed E-state index contributed by atoms with van der Waals surface area (Å²) in [5, 5.41) is 8.44. The standard InChI is InChI=1S/C6H14N2O4S/c1-4-8(5-6(9)10)13(11,12)7(2)3/h4-5H2,1-3H3,(H,9,10). The van der Waals surface area contributed by atoms with Crippen molar-refractivity contribution in [2.45, 2.75) is 6.92 Å². The molecule has 0 aliphatic heterocycles. The molecule has 0 atom stereocenters. The van der Waals surface area contributed by atoms with Crippen LogP contribution in [0.4, 0.5) is 0 Å². The lowest BCUT2D eigenvalue weighted by molar-refractivity contribution is -0.137. The van der Waals surface area contributed by atoms with Crippen LogP contribution in [0.1, 0.15) is 6.92 Å². The molecule has 0 heterocycles. The van der Waals surface area contributed by atoms with Crippen LogP contribution in [-0.2, 0) is 15.0 Å². The quantitative estimate of drug-likeness (QED) is 0.644. The average molecular weight is 210 g/mol. The van der Waals surface area contributed by atoms with Crippen LogP contribution in [0, 0.1) is 0 Å². The van der Waals surface area contributed by atoms with Gasteiger partial charge >= 0.3 is 5.97 Å². The van der Waals surface area contributed by atoms with Gasteiger partial charge in [0.05, 0.1) is 0 Å². The van der Waals surface area contributed by atoms with Gasteiger partial charge in [0.25, 0.3) is 10.2 Å². The second-order valence-corrected chi connectivity index (χ2v) is 4.75. The number of carbonyl (C=O) groups is 1. The normalized spacial score (nSPS) is 12.4. The third kappa shape index (κ3) is 3.29. The van der Waals surface area contributed by atoms with Crippen LogP contribution < -0.4 is 0 Å². The summed E-state index contributed by atoms with van der Waals surface area (Å²) in [5.41, 5.74) is 0. The van der Waals surface area contributed by atoms with Crippen molar-refractivity contribution >= 4 is 16.2 Å². The molecule has 0 aromatic carbocycles. The first-order valence-electron chi connectivity index (χ1n) is 3.71. The maximum atomic E-state index is 11.4. The number of aliphatic carboxylic acids is 1. The predicted molar refractivity (Wildman–Crippen MR) is 47.5 cm³/mol. The Bertz CT molecular complexity index is 272. The highest BCUT2D eigenvalue weighted by molar-refractivity contribution is 7.86. The molecule has 0 aliphatic rings. The van der Waals surface area contributed by atoms with E-state index in [4.69, 9.17) is 5.11 Å². The molecule has 0 aromatic rings. The van der Waals surface area contributed by atoms with E-state index in [2.05, 4.69) is 0 Å². The predicted octanol–water partition coefficient (Wildman–Crippen LogP) is -0.801. The molecule has 6 nitrogen and oxygen atoms in total. The molecule has 0 spiro atoms. The van der Waals surface area contributed by atoms with Crippen LogP contribution in [0.25, 0.3) is 0 Å². The third-order valence-corrected chi connectivity index (χ3v) is 3.41. The zero-order chi connectivity index (χ0) is 10.6. The highest BCUT2D eigenvalue weighted by Crippen LogP contribution is 2.02. The first-order valence-corrected chi connectivity index (χ1v) is 5.11. The SMILES string of the molecule is CCN(CC(=O)O)S(=O)(=O)N(C)C. The molecule has 0 saturated carbocycles. The van der Waals surface area contributed by atoms with Gasteiger partial charge in [-0.1, -0.05) is 6.92 Å². The lowest BCUT2D eigenvalue weighted by Crippen LogP contribution is -2.42.